The molecule has 0 fully saturated rings. The number of rotatable bonds is 4. The summed E-state index contributed by atoms with van der Waals surface area (Å²) in [6, 6.07) is 8.57. The smallest absolute Gasteiger partial charge is 0.134 e. The minimum absolute atomic E-state index is 0.0597. The minimum Gasteiger partial charge on any atom is -0.497 e. The lowest BCUT2D eigenvalue weighted by Crippen LogP contribution is -2.20. The van der Waals surface area contributed by atoms with E-state index in [1.165, 1.54) is 7.11 Å². The van der Waals surface area contributed by atoms with Crippen LogP contribution in [0.15, 0.2) is 36.4 Å². The van der Waals surface area contributed by atoms with Crippen LogP contribution in [0.5, 0.6) is 5.75 Å². The number of halogens is 3. The molecule has 0 saturated carbocycles. The van der Waals surface area contributed by atoms with Gasteiger partial charge in [0.25, 0.3) is 0 Å². The predicted molar refractivity (Wildman–Crippen MR) is 75.3 cm³/mol. The van der Waals surface area contributed by atoms with E-state index >= 15 is 0 Å². The van der Waals surface area contributed by atoms with Crippen molar-refractivity contribution < 1.29 is 13.5 Å². The highest BCUT2D eigenvalue weighted by atomic mass is 35.5. The summed E-state index contributed by atoms with van der Waals surface area (Å²) in [7, 11) is 3.00. The molecule has 0 aliphatic rings. The van der Waals surface area contributed by atoms with Crippen molar-refractivity contribution in [3.8, 4) is 5.75 Å². The molecule has 20 heavy (non-hydrogen) atoms. The van der Waals surface area contributed by atoms with E-state index in [9.17, 15) is 8.78 Å². The maximum Gasteiger partial charge on any atom is 0.134 e. The van der Waals surface area contributed by atoms with Crippen LogP contribution in [0.3, 0.4) is 0 Å². The summed E-state index contributed by atoms with van der Waals surface area (Å²) < 4.78 is 33.1. The van der Waals surface area contributed by atoms with Gasteiger partial charge in [0.1, 0.15) is 17.4 Å². The molecule has 0 bridgehead atoms. The Bertz CT molecular complexity index is 596. The van der Waals surface area contributed by atoms with E-state index in [0.29, 0.717) is 10.6 Å². The second-order valence-electron chi connectivity index (χ2n) is 4.28. The predicted octanol–water partition coefficient (Wildman–Crippen LogP) is 3.94. The molecule has 1 atom stereocenters. The van der Waals surface area contributed by atoms with Gasteiger partial charge in [-0.1, -0.05) is 23.7 Å². The molecule has 0 radical (unpaired) electrons. The quantitative estimate of drug-likeness (QED) is 0.923. The molecular formula is C15H14ClF2NO. The Balaban J connectivity index is 2.52. The van der Waals surface area contributed by atoms with Gasteiger partial charge in [-0.25, -0.2) is 8.78 Å². The highest BCUT2D eigenvalue weighted by Crippen LogP contribution is 2.30. The van der Waals surface area contributed by atoms with Crippen molar-refractivity contribution in [2.24, 2.45) is 0 Å². The molecular weight excluding hydrogens is 284 g/mol. The topological polar surface area (TPSA) is 21.3 Å². The van der Waals surface area contributed by atoms with Crippen molar-refractivity contribution in [3.63, 3.8) is 0 Å². The third-order valence-corrected chi connectivity index (χ3v) is 3.28. The van der Waals surface area contributed by atoms with Crippen molar-refractivity contribution >= 4 is 11.6 Å². The highest BCUT2D eigenvalue weighted by Gasteiger charge is 2.22. The number of benzene rings is 2. The van der Waals surface area contributed by atoms with Crippen molar-refractivity contribution in [2.45, 2.75) is 6.04 Å². The van der Waals surface area contributed by atoms with E-state index in [0.717, 1.165) is 12.1 Å². The second kappa shape index (κ2) is 6.20. The zero-order valence-electron chi connectivity index (χ0n) is 11.1. The maximum atomic E-state index is 14.1. The molecule has 0 spiro atoms. The van der Waals surface area contributed by atoms with Gasteiger partial charge in [0, 0.05) is 22.7 Å². The van der Waals surface area contributed by atoms with E-state index < -0.39 is 17.7 Å². The first-order valence-electron chi connectivity index (χ1n) is 6.02. The average Bonchev–Trinajstić information content (AvgIpc) is 2.42. The van der Waals surface area contributed by atoms with E-state index in [2.05, 4.69) is 5.32 Å². The summed E-state index contributed by atoms with van der Waals surface area (Å²) in [5.74, 6) is -1.19. The fraction of sp³-hybridized carbons (Fsp3) is 0.200. The molecule has 5 heteroatoms. The van der Waals surface area contributed by atoms with E-state index in [1.54, 1.807) is 31.3 Å². The van der Waals surface area contributed by atoms with Crippen molar-refractivity contribution in [3.05, 3.63) is 64.2 Å². The van der Waals surface area contributed by atoms with Gasteiger partial charge in [-0.15, -0.1) is 0 Å². The monoisotopic (exact) mass is 297 g/mol. The van der Waals surface area contributed by atoms with E-state index in [1.807, 2.05) is 0 Å². The molecule has 0 heterocycles. The van der Waals surface area contributed by atoms with E-state index in [-0.39, 0.29) is 11.3 Å². The number of hydrogen-bond donors (Lipinski definition) is 1. The van der Waals surface area contributed by atoms with Gasteiger partial charge < -0.3 is 10.1 Å². The molecule has 2 rings (SSSR count). The van der Waals surface area contributed by atoms with Crippen LogP contribution in [-0.2, 0) is 0 Å². The Kier molecular flexibility index (Phi) is 4.57. The van der Waals surface area contributed by atoms with Crippen LogP contribution in [0.4, 0.5) is 8.78 Å². The lowest BCUT2D eigenvalue weighted by Gasteiger charge is -2.19. The van der Waals surface area contributed by atoms with Crippen LogP contribution in [0.1, 0.15) is 17.2 Å². The first-order chi connectivity index (χ1) is 9.56. The zero-order chi connectivity index (χ0) is 14.7. The van der Waals surface area contributed by atoms with Crippen LogP contribution in [-0.4, -0.2) is 14.2 Å². The maximum absolute atomic E-state index is 14.1. The molecule has 2 aromatic carbocycles. The number of nitrogens with one attached hydrogen (secondary N) is 1. The molecule has 0 saturated heterocycles. The normalized spacial score (nSPS) is 12.2. The van der Waals surface area contributed by atoms with Crippen LogP contribution in [0.2, 0.25) is 5.02 Å². The lowest BCUT2D eigenvalue weighted by molar-refractivity contribution is 0.403. The van der Waals surface area contributed by atoms with E-state index in [4.69, 9.17) is 16.3 Å². The van der Waals surface area contributed by atoms with Crippen LogP contribution in [0.25, 0.3) is 0 Å². The largest absolute Gasteiger partial charge is 0.497 e. The van der Waals surface area contributed by atoms with Gasteiger partial charge in [-0.2, -0.15) is 0 Å². The fourth-order valence-corrected chi connectivity index (χ4v) is 2.32. The van der Waals surface area contributed by atoms with Gasteiger partial charge in [-0.05, 0) is 24.7 Å². The van der Waals surface area contributed by atoms with Crippen LogP contribution < -0.4 is 10.1 Å². The number of methoxy groups -OCH3 is 1. The first kappa shape index (κ1) is 14.8. The molecule has 2 aromatic rings. The number of ether oxygens (including phenoxy) is 1. The molecule has 1 unspecified atom stereocenters. The highest BCUT2D eigenvalue weighted by molar-refractivity contribution is 6.30. The molecule has 0 aliphatic heterocycles. The minimum atomic E-state index is -0.666. The molecule has 106 valence electrons. The summed E-state index contributed by atoms with van der Waals surface area (Å²) in [6.07, 6.45) is 0. The molecule has 0 amide bonds. The van der Waals surface area contributed by atoms with Crippen LogP contribution >= 0.6 is 11.6 Å². The van der Waals surface area contributed by atoms with Crippen molar-refractivity contribution in [2.75, 3.05) is 14.2 Å². The van der Waals surface area contributed by atoms with Crippen molar-refractivity contribution in [1.29, 1.82) is 0 Å². The Morgan fingerprint density at radius 1 is 1.15 bits per heavy atom. The van der Waals surface area contributed by atoms with Gasteiger partial charge in [0.15, 0.2) is 0 Å². The van der Waals surface area contributed by atoms with Gasteiger partial charge in [-0.3, -0.25) is 0 Å². The molecule has 1 N–H and O–H groups in total. The lowest BCUT2D eigenvalue weighted by atomic mass is 9.97. The first-order valence-corrected chi connectivity index (χ1v) is 6.40. The molecule has 0 aliphatic carbocycles. The Hall–Kier alpha value is -1.65. The zero-order valence-corrected chi connectivity index (χ0v) is 11.8. The Morgan fingerprint density at radius 2 is 1.80 bits per heavy atom. The average molecular weight is 298 g/mol. The molecule has 0 aromatic heterocycles. The number of hydrogen-bond acceptors (Lipinski definition) is 2. The van der Waals surface area contributed by atoms with Crippen LogP contribution in [0, 0.1) is 11.6 Å². The third kappa shape index (κ3) is 2.92. The summed E-state index contributed by atoms with van der Waals surface area (Å²) in [4.78, 5) is 0. The summed E-state index contributed by atoms with van der Waals surface area (Å²) >= 11 is 5.93. The summed E-state index contributed by atoms with van der Waals surface area (Å²) in [5, 5.41) is 3.41. The van der Waals surface area contributed by atoms with Gasteiger partial charge in [0.2, 0.25) is 0 Å². The third-order valence-electron chi connectivity index (χ3n) is 3.05. The van der Waals surface area contributed by atoms with Crippen molar-refractivity contribution in [1.82, 2.24) is 5.32 Å². The standard InChI is InChI=1S/C15H14ClF2NO/c1-19-15(9-4-3-5-10(16)6-9)14-12(17)7-11(20-2)8-13(14)18/h3-8,15,19H,1-2H3. The Labute approximate surface area is 121 Å². The SMILES string of the molecule is CNC(c1cccc(Cl)c1)c1c(F)cc(OC)cc1F. The summed E-state index contributed by atoms with van der Waals surface area (Å²) in [5.41, 5.74) is 0.624. The van der Waals surface area contributed by atoms with Gasteiger partial charge in [0.05, 0.1) is 13.2 Å². The Morgan fingerprint density at radius 3 is 2.30 bits per heavy atom. The fourth-order valence-electron chi connectivity index (χ4n) is 2.12. The van der Waals surface area contributed by atoms with Gasteiger partial charge >= 0.3 is 0 Å². The second-order valence-corrected chi connectivity index (χ2v) is 4.72. The summed E-state index contributed by atoms with van der Waals surface area (Å²) in [6.45, 7) is 0. The molecule has 2 nitrogen and oxygen atoms in total.